The van der Waals surface area contributed by atoms with E-state index in [9.17, 15) is 9.59 Å². The summed E-state index contributed by atoms with van der Waals surface area (Å²) in [5.41, 5.74) is -0.826. The highest BCUT2D eigenvalue weighted by Gasteiger charge is 2.17. The third kappa shape index (κ3) is 3.57. The first-order valence-electron chi connectivity index (χ1n) is 6.26. The molecule has 0 saturated heterocycles. The monoisotopic (exact) mass is 254 g/mol. The number of hydrogen-bond acceptors (Lipinski definition) is 3. The van der Waals surface area contributed by atoms with Crippen LogP contribution in [0.1, 0.15) is 33.6 Å². The van der Waals surface area contributed by atoms with Crippen LogP contribution in [0.4, 0.5) is 0 Å². The van der Waals surface area contributed by atoms with Crippen molar-refractivity contribution in [3.63, 3.8) is 0 Å². The molecule has 1 aromatic heterocycles. The van der Waals surface area contributed by atoms with E-state index in [-0.39, 0.29) is 16.9 Å². The van der Waals surface area contributed by atoms with Crippen LogP contribution in [-0.2, 0) is 17.8 Å². The number of methoxy groups -OCH3 is 1. The van der Waals surface area contributed by atoms with Gasteiger partial charge in [0.1, 0.15) is 0 Å². The minimum absolute atomic E-state index is 0.240. The highest BCUT2D eigenvalue weighted by Crippen LogP contribution is 2.12. The van der Waals surface area contributed by atoms with Crippen molar-refractivity contribution in [1.82, 2.24) is 9.13 Å². The van der Waals surface area contributed by atoms with Crippen LogP contribution in [0.5, 0.6) is 0 Å². The fraction of sp³-hybridized carbons (Fsp3) is 0.692. The molecule has 0 bridgehead atoms. The summed E-state index contributed by atoms with van der Waals surface area (Å²) in [7, 11) is 1.63. The topological polar surface area (TPSA) is 53.2 Å². The van der Waals surface area contributed by atoms with Crippen LogP contribution in [-0.4, -0.2) is 21.8 Å². The quantitative estimate of drug-likeness (QED) is 0.767. The normalized spacial score (nSPS) is 11.8. The Bertz CT molecular complexity index is 500. The van der Waals surface area contributed by atoms with E-state index in [0.717, 1.165) is 6.42 Å². The molecule has 0 unspecified atom stereocenters. The van der Waals surface area contributed by atoms with Gasteiger partial charge in [0, 0.05) is 32.5 Å². The van der Waals surface area contributed by atoms with Crippen LogP contribution in [0.25, 0.3) is 0 Å². The highest BCUT2D eigenvalue weighted by molar-refractivity contribution is 4.87. The highest BCUT2D eigenvalue weighted by atomic mass is 16.5. The molecule has 0 atom stereocenters. The number of rotatable bonds is 6. The second-order valence-corrected chi connectivity index (χ2v) is 5.00. The minimum atomic E-state index is -0.336. The van der Waals surface area contributed by atoms with Crippen molar-refractivity contribution in [1.29, 1.82) is 0 Å². The molecule has 5 nitrogen and oxygen atoms in total. The van der Waals surface area contributed by atoms with Crippen molar-refractivity contribution < 1.29 is 4.74 Å². The van der Waals surface area contributed by atoms with E-state index in [4.69, 9.17) is 4.74 Å². The summed E-state index contributed by atoms with van der Waals surface area (Å²) in [6, 6.07) is 1.44. The molecule has 102 valence electrons. The summed E-state index contributed by atoms with van der Waals surface area (Å²) in [4.78, 5) is 23.8. The minimum Gasteiger partial charge on any atom is -0.379 e. The molecule has 0 amide bonds. The zero-order valence-corrected chi connectivity index (χ0v) is 11.6. The molecule has 0 aliphatic heterocycles. The van der Waals surface area contributed by atoms with Crippen LogP contribution in [0.15, 0.2) is 21.9 Å². The van der Waals surface area contributed by atoms with Gasteiger partial charge in [0.05, 0.1) is 5.60 Å². The zero-order chi connectivity index (χ0) is 13.8. The van der Waals surface area contributed by atoms with Gasteiger partial charge in [0.2, 0.25) is 0 Å². The van der Waals surface area contributed by atoms with E-state index in [2.05, 4.69) is 0 Å². The maximum absolute atomic E-state index is 12.1. The number of ether oxygens (including phenoxy) is 1. The second kappa shape index (κ2) is 6.00. The fourth-order valence-electron chi connectivity index (χ4n) is 1.66. The van der Waals surface area contributed by atoms with Crippen LogP contribution >= 0.6 is 0 Å². The molecule has 0 fully saturated rings. The summed E-state index contributed by atoms with van der Waals surface area (Å²) in [6.07, 6.45) is 3.04. The van der Waals surface area contributed by atoms with E-state index in [1.54, 1.807) is 17.9 Å². The maximum Gasteiger partial charge on any atom is 0.330 e. The van der Waals surface area contributed by atoms with Gasteiger partial charge in [0.15, 0.2) is 0 Å². The standard InChI is InChI=1S/C13H22N2O3/c1-5-8-14-9-6-11(16)15(12(14)17)10-7-13(2,3)18-4/h6,9H,5,7-8,10H2,1-4H3. The number of aromatic nitrogens is 2. The zero-order valence-electron chi connectivity index (χ0n) is 11.6. The molecule has 0 radical (unpaired) electrons. The summed E-state index contributed by atoms with van der Waals surface area (Å²) in [6.45, 7) is 6.88. The van der Waals surface area contributed by atoms with E-state index >= 15 is 0 Å². The molecule has 0 saturated carbocycles. The lowest BCUT2D eigenvalue weighted by atomic mass is 10.1. The number of nitrogens with zero attached hydrogens (tertiary/aromatic N) is 2. The lowest BCUT2D eigenvalue weighted by Gasteiger charge is -2.23. The van der Waals surface area contributed by atoms with Crippen molar-refractivity contribution in [3.8, 4) is 0 Å². The molecule has 0 aliphatic carbocycles. The van der Waals surface area contributed by atoms with E-state index in [1.807, 2.05) is 20.8 Å². The first-order chi connectivity index (χ1) is 8.41. The third-order valence-electron chi connectivity index (χ3n) is 3.09. The largest absolute Gasteiger partial charge is 0.379 e. The molecule has 18 heavy (non-hydrogen) atoms. The first-order valence-corrected chi connectivity index (χ1v) is 6.26. The van der Waals surface area contributed by atoms with Crippen molar-refractivity contribution in [2.24, 2.45) is 0 Å². The predicted molar refractivity (Wildman–Crippen MR) is 71.0 cm³/mol. The Kier molecular flexibility index (Phi) is 4.90. The van der Waals surface area contributed by atoms with Gasteiger partial charge in [-0.3, -0.25) is 9.36 Å². The molecule has 5 heteroatoms. The van der Waals surface area contributed by atoms with Crippen molar-refractivity contribution >= 4 is 0 Å². The van der Waals surface area contributed by atoms with E-state index in [1.165, 1.54) is 10.6 Å². The Labute approximate surface area is 107 Å². The number of hydrogen-bond donors (Lipinski definition) is 0. The third-order valence-corrected chi connectivity index (χ3v) is 3.09. The Morgan fingerprint density at radius 3 is 2.50 bits per heavy atom. The van der Waals surface area contributed by atoms with Crippen molar-refractivity contribution in [3.05, 3.63) is 33.1 Å². The van der Waals surface area contributed by atoms with Gasteiger partial charge >= 0.3 is 5.69 Å². The molecule has 0 aliphatic rings. The lowest BCUT2D eigenvalue weighted by molar-refractivity contribution is 0.0115. The van der Waals surface area contributed by atoms with Crippen LogP contribution < -0.4 is 11.2 Å². The van der Waals surface area contributed by atoms with Gasteiger partial charge in [-0.15, -0.1) is 0 Å². The van der Waals surface area contributed by atoms with Gasteiger partial charge in [-0.2, -0.15) is 0 Å². The Morgan fingerprint density at radius 1 is 1.28 bits per heavy atom. The maximum atomic E-state index is 12.1. The first kappa shape index (κ1) is 14.7. The van der Waals surface area contributed by atoms with Gasteiger partial charge in [-0.05, 0) is 26.7 Å². The molecule has 1 aromatic rings. The van der Waals surface area contributed by atoms with Gasteiger partial charge in [-0.25, -0.2) is 4.79 Å². The van der Waals surface area contributed by atoms with Gasteiger partial charge in [0.25, 0.3) is 5.56 Å². The number of aryl methyl sites for hydroxylation is 1. The summed E-state index contributed by atoms with van der Waals surface area (Å²) >= 11 is 0. The Morgan fingerprint density at radius 2 is 1.94 bits per heavy atom. The second-order valence-electron chi connectivity index (χ2n) is 5.00. The molecule has 1 heterocycles. The van der Waals surface area contributed by atoms with Crippen LogP contribution in [0.2, 0.25) is 0 Å². The molecular weight excluding hydrogens is 232 g/mol. The molecular formula is C13H22N2O3. The predicted octanol–water partition coefficient (Wildman–Crippen LogP) is 1.24. The fourth-order valence-corrected chi connectivity index (χ4v) is 1.66. The molecule has 1 rings (SSSR count). The smallest absolute Gasteiger partial charge is 0.330 e. The average Bonchev–Trinajstić information content (AvgIpc) is 2.33. The molecule has 0 spiro atoms. The lowest BCUT2D eigenvalue weighted by Crippen LogP contribution is -2.40. The Balaban J connectivity index is 2.98. The Hall–Kier alpha value is -1.36. The molecule has 0 aromatic carbocycles. The average molecular weight is 254 g/mol. The van der Waals surface area contributed by atoms with E-state index < -0.39 is 0 Å². The summed E-state index contributed by atoms with van der Waals surface area (Å²) in [5, 5.41) is 0. The molecule has 0 N–H and O–H groups in total. The van der Waals surface area contributed by atoms with Crippen LogP contribution in [0.3, 0.4) is 0 Å². The van der Waals surface area contributed by atoms with Gasteiger partial charge in [-0.1, -0.05) is 6.92 Å². The van der Waals surface area contributed by atoms with E-state index in [0.29, 0.717) is 19.5 Å². The van der Waals surface area contributed by atoms with Crippen molar-refractivity contribution in [2.45, 2.75) is 52.3 Å². The van der Waals surface area contributed by atoms with Gasteiger partial charge < -0.3 is 9.30 Å². The summed E-state index contributed by atoms with van der Waals surface area (Å²) in [5.74, 6) is 0. The summed E-state index contributed by atoms with van der Waals surface area (Å²) < 4.78 is 8.14. The van der Waals surface area contributed by atoms with Crippen LogP contribution in [0, 0.1) is 0 Å². The SMILES string of the molecule is CCCn1ccc(=O)n(CCC(C)(C)OC)c1=O. The van der Waals surface area contributed by atoms with Crippen molar-refractivity contribution in [2.75, 3.05) is 7.11 Å².